The second-order valence-corrected chi connectivity index (χ2v) is 3.37. The van der Waals surface area contributed by atoms with E-state index < -0.39 is 0 Å². The number of aromatic hydroxyl groups is 1. The van der Waals surface area contributed by atoms with Crippen LogP contribution in [-0.2, 0) is 6.42 Å². The van der Waals surface area contributed by atoms with E-state index in [1.807, 2.05) is 19.1 Å². The number of hydrogen-bond donors (Lipinski definition) is 1. The fourth-order valence-electron chi connectivity index (χ4n) is 1.47. The van der Waals surface area contributed by atoms with Crippen LogP contribution in [0.2, 0.25) is 0 Å². The van der Waals surface area contributed by atoms with Gasteiger partial charge in [0.1, 0.15) is 5.75 Å². The van der Waals surface area contributed by atoms with Crippen molar-refractivity contribution in [2.75, 3.05) is 0 Å². The molecule has 0 amide bonds. The quantitative estimate of drug-likeness (QED) is 0.748. The summed E-state index contributed by atoms with van der Waals surface area (Å²) in [5.74, 6) is 0.341. The van der Waals surface area contributed by atoms with E-state index in [2.05, 4.69) is 13.5 Å². The van der Waals surface area contributed by atoms with Gasteiger partial charge in [-0.25, -0.2) is 0 Å². The minimum Gasteiger partial charge on any atom is -0.508 e. The van der Waals surface area contributed by atoms with Gasteiger partial charge >= 0.3 is 0 Å². The number of benzene rings is 1. The van der Waals surface area contributed by atoms with Crippen molar-refractivity contribution in [2.24, 2.45) is 0 Å². The van der Waals surface area contributed by atoms with Crippen molar-refractivity contribution in [2.45, 2.75) is 26.7 Å². The summed E-state index contributed by atoms with van der Waals surface area (Å²) in [7, 11) is 0. The van der Waals surface area contributed by atoms with Gasteiger partial charge in [0.25, 0.3) is 0 Å². The van der Waals surface area contributed by atoms with E-state index in [9.17, 15) is 5.11 Å². The number of aryl methyl sites for hydroxylation is 1. The maximum Gasteiger partial charge on any atom is 0.115 e. The van der Waals surface area contributed by atoms with Gasteiger partial charge in [0, 0.05) is 0 Å². The second kappa shape index (κ2) is 4.13. The van der Waals surface area contributed by atoms with E-state index in [-0.39, 0.29) is 0 Å². The van der Waals surface area contributed by atoms with Crippen molar-refractivity contribution in [3.8, 4) is 5.75 Å². The van der Waals surface area contributed by atoms with E-state index in [1.165, 1.54) is 11.1 Å². The average Bonchev–Trinajstić information content (AvgIpc) is 2.04. The highest BCUT2D eigenvalue weighted by molar-refractivity contribution is 5.65. The van der Waals surface area contributed by atoms with Gasteiger partial charge in [0.2, 0.25) is 0 Å². The Morgan fingerprint density at radius 3 is 2.69 bits per heavy atom. The van der Waals surface area contributed by atoms with Crippen LogP contribution in [0.5, 0.6) is 5.75 Å². The summed E-state index contributed by atoms with van der Waals surface area (Å²) >= 11 is 0. The van der Waals surface area contributed by atoms with Crippen molar-refractivity contribution in [3.05, 3.63) is 35.9 Å². The maximum atomic E-state index is 9.32. The Morgan fingerprint density at radius 1 is 1.46 bits per heavy atom. The minimum atomic E-state index is 0.341. The Bertz CT molecular complexity index is 313. The van der Waals surface area contributed by atoms with Crippen LogP contribution >= 0.6 is 0 Å². The van der Waals surface area contributed by atoms with E-state index in [1.54, 1.807) is 6.07 Å². The van der Waals surface area contributed by atoms with Gasteiger partial charge in [-0.3, -0.25) is 0 Å². The molecule has 13 heavy (non-hydrogen) atoms. The van der Waals surface area contributed by atoms with Gasteiger partial charge in [-0.1, -0.05) is 31.6 Å². The SMILES string of the molecule is C=C(C)c1ccc(O)cc1CCC. The first-order valence-corrected chi connectivity index (χ1v) is 4.63. The van der Waals surface area contributed by atoms with Gasteiger partial charge in [-0.2, -0.15) is 0 Å². The number of phenols is 1. The molecule has 0 saturated heterocycles. The number of phenolic OH excluding ortho intramolecular Hbond substituents is 1. The van der Waals surface area contributed by atoms with Crippen LogP contribution in [0, 0.1) is 0 Å². The predicted molar refractivity (Wildman–Crippen MR) is 56.8 cm³/mol. The van der Waals surface area contributed by atoms with Crippen molar-refractivity contribution in [1.29, 1.82) is 0 Å². The molecule has 0 unspecified atom stereocenters. The first kappa shape index (κ1) is 9.85. The molecule has 0 saturated carbocycles. The van der Waals surface area contributed by atoms with Crippen LogP contribution in [0.3, 0.4) is 0 Å². The van der Waals surface area contributed by atoms with Crippen molar-refractivity contribution in [3.63, 3.8) is 0 Å². The summed E-state index contributed by atoms with van der Waals surface area (Å²) in [4.78, 5) is 0. The van der Waals surface area contributed by atoms with Crippen LogP contribution in [0.4, 0.5) is 0 Å². The molecule has 0 bridgehead atoms. The van der Waals surface area contributed by atoms with Crippen LogP contribution in [0.1, 0.15) is 31.4 Å². The zero-order valence-corrected chi connectivity index (χ0v) is 8.30. The third-order valence-corrected chi connectivity index (χ3v) is 2.07. The van der Waals surface area contributed by atoms with E-state index in [0.29, 0.717) is 5.75 Å². The maximum absolute atomic E-state index is 9.32. The van der Waals surface area contributed by atoms with Gasteiger partial charge in [-0.05, 0) is 36.6 Å². The Kier molecular flexibility index (Phi) is 3.13. The lowest BCUT2D eigenvalue weighted by molar-refractivity contribution is 0.474. The van der Waals surface area contributed by atoms with E-state index >= 15 is 0 Å². The molecule has 1 heteroatoms. The van der Waals surface area contributed by atoms with Crippen LogP contribution in [0.25, 0.3) is 5.57 Å². The molecule has 0 spiro atoms. The Balaban J connectivity index is 3.10. The lowest BCUT2D eigenvalue weighted by atomic mass is 9.98. The van der Waals surface area contributed by atoms with Crippen LogP contribution < -0.4 is 0 Å². The average molecular weight is 176 g/mol. The van der Waals surface area contributed by atoms with Crippen molar-refractivity contribution in [1.82, 2.24) is 0 Å². The number of hydrogen-bond acceptors (Lipinski definition) is 1. The van der Waals surface area contributed by atoms with Gasteiger partial charge in [0.15, 0.2) is 0 Å². The zero-order chi connectivity index (χ0) is 9.84. The summed E-state index contributed by atoms with van der Waals surface area (Å²) in [5.41, 5.74) is 3.41. The summed E-state index contributed by atoms with van der Waals surface area (Å²) in [6.45, 7) is 8.04. The third kappa shape index (κ3) is 2.35. The second-order valence-electron chi connectivity index (χ2n) is 3.37. The zero-order valence-electron chi connectivity index (χ0n) is 8.30. The fraction of sp³-hybridized carbons (Fsp3) is 0.333. The standard InChI is InChI=1S/C12H16O/c1-4-5-10-8-11(13)6-7-12(10)9(2)3/h6-8,13H,2,4-5H2,1,3H3. The van der Waals surface area contributed by atoms with Crippen molar-refractivity contribution >= 4 is 5.57 Å². The molecule has 70 valence electrons. The molecular weight excluding hydrogens is 160 g/mol. The molecule has 0 radical (unpaired) electrons. The molecule has 1 nitrogen and oxygen atoms in total. The van der Waals surface area contributed by atoms with Gasteiger partial charge < -0.3 is 5.11 Å². The van der Waals surface area contributed by atoms with Gasteiger partial charge in [-0.15, -0.1) is 0 Å². The predicted octanol–water partition coefficient (Wildman–Crippen LogP) is 3.38. The molecule has 0 fully saturated rings. The molecule has 1 aromatic carbocycles. The normalized spacial score (nSPS) is 10.0. The smallest absolute Gasteiger partial charge is 0.115 e. The molecule has 0 aliphatic carbocycles. The molecule has 0 heterocycles. The lowest BCUT2D eigenvalue weighted by Gasteiger charge is -2.08. The third-order valence-electron chi connectivity index (χ3n) is 2.07. The molecule has 1 N–H and O–H groups in total. The first-order chi connectivity index (χ1) is 6.15. The topological polar surface area (TPSA) is 20.2 Å². The highest BCUT2D eigenvalue weighted by atomic mass is 16.3. The summed E-state index contributed by atoms with van der Waals surface area (Å²) in [5, 5.41) is 9.32. The molecule has 0 atom stereocenters. The molecule has 0 aliphatic heterocycles. The Hall–Kier alpha value is -1.24. The van der Waals surface area contributed by atoms with E-state index in [0.717, 1.165) is 18.4 Å². The Morgan fingerprint density at radius 2 is 2.15 bits per heavy atom. The minimum absolute atomic E-state index is 0.341. The monoisotopic (exact) mass is 176 g/mol. The largest absolute Gasteiger partial charge is 0.508 e. The molecule has 0 aromatic heterocycles. The number of rotatable bonds is 3. The van der Waals surface area contributed by atoms with Crippen LogP contribution in [0.15, 0.2) is 24.8 Å². The summed E-state index contributed by atoms with van der Waals surface area (Å²) in [6.07, 6.45) is 2.08. The molecule has 0 aliphatic rings. The first-order valence-electron chi connectivity index (χ1n) is 4.63. The van der Waals surface area contributed by atoms with Crippen LogP contribution in [-0.4, -0.2) is 5.11 Å². The summed E-state index contributed by atoms with van der Waals surface area (Å²) in [6, 6.07) is 5.47. The van der Waals surface area contributed by atoms with Crippen molar-refractivity contribution < 1.29 is 5.11 Å². The number of allylic oxidation sites excluding steroid dienone is 1. The fourth-order valence-corrected chi connectivity index (χ4v) is 1.47. The highest BCUT2D eigenvalue weighted by Crippen LogP contribution is 2.23. The van der Waals surface area contributed by atoms with Gasteiger partial charge in [0.05, 0.1) is 0 Å². The molecule has 1 rings (SSSR count). The summed E-state index contributed by atoms with van der Waals surface area (Å²) < 4.78 is 0. The molecule has 1 aromatic rings. The Labute approximate surface area is 79.7 Å². The highest BCUT2D eigenvalue weighted by Gasteiger charge is 2.02. The van der Waals surface area contributed by atoms with E-state index in [4.69, 9.17) is 0 Å². The molecular formula is C12H16O. The lowest BCUT2D eigenvalue weighted by Crippen LogP contribution is -1.90.